The number of benzene rings is 2. The molecule has 3 aromatic rings. The molecule has 1 aliphatic rings. The van der Waals surface area contributed by atoms with Crippen molar-refractivity contribution in [3.8, 4) is 5.88 Å². The summed E-state index contributed by atoms with van der Waals surface area (Å²) < 4.78 is 63.4. The third kappa shape index (κ3) is 4.96. The Bertz CT molecular complexity index is 1120. The highest BCUT2D eigenvalue weighted by Crippen LogP contribution is 2.31. The van der Waals surface area contributed by atoms with E-state index in [0.717, 1.165) is 23.0 Å². The molecular formula is C22H19F4N3O3. The van der Waals surface area contributed by atoms with E-state index in [-0.39, 0.29) is 37.6 Å². The zero-order valence-electron chi connectivity index (χ0n) is 16.8. The lowest BCUT2D eigenvalue weighted by Crippen LogP contribution is -2.48. The van der Waals surface area contributed by atoms with Gasteiger partial charge in [-0.1, -0.05) is 18.2 Å². The molecule has 0 saturated carbocycles. The number of rotatable bonds is 5. The van der Waals surface area contributed by atoms with Gasteiger partial charge >= 0.3 is 6.18 Å². The Morgan fingerprint density at radius 3 is 2.78 bits per heavy atom. The van der Waals surface area contributed by atoms with Crippen molar-refractivity contribution >= 4 is 16.8 Å². The molecule has 2 aromatic carbocycles. The van der Waals surface area contributed by atoms with E-state index in [0.29, 0.717) is 18.5 Å². The molecule has 0 aliphatic carbocycles. The monoisotopic (exact) mass is 449 g/mol. The van der Waals surface area contributed by atoms with Gasteiger partial charge in [0.05, 0.1) is 36.0 Å². The number of fused-ring (bicyclic) bond motifs is 1. The molecule has 0 bridgehead atoms. The minimum Gasteiger partial charge on any atom is -0.474 e. The van der Waals surface area contributed by atoms with Crippen molar-refractivity contribution in [2.75, 3.05) is 26.3 Å². The van der Waals surface area contributed by atoms with Gasteiger partial charge in [-0.05, 0) is 29.8 Å². The second kappa shape index (κ2) is 9.07. The molecule has 10 heteroatoms. The molecule has 1 amide bonds. The van der Waals surface area contributed by atoms with Gasteiger partial charge in [-0.15, -0.1) is 0 Å². The number of hydrogen-bond donors (Lipinski definition) is 0. The number of aromatic nitrogens is 2. The Balaban J connectivity index is 1.36. The van der Waals surface area contributed by atoms with Gasteiger partial charge in [0.2, 0.25) is 11.8 Å². The fraction of sp³-hybridized carbons (Fsp3) is 0.318. The molecule has 6 nitrogen and oxygen atoms in total. The molecule has 1 atom stereocenters. The molecule has 2 heterocycles. The van der Waals surface area contributed by atoms with E-state index in [1.54, 1.807) is 0 Å². The zero-order valence-corrected chi connectivity index (χ0v) is 16.8. The van der Waals surface area contributed by atoms with Crippen LogP contribution in [-0.2, 0) is 22.1 Å². The molecule has 0 radical (unpaired) electrons. The summed E-state index contributed by atoms with van der Waals surface area (Å²) in [5.41, 5.74) is -0.440. The normalized spacial score (nSPS) is 16.9. The van der Waals surface area contributed by atoms with Gasteiger partial charge in [-0.25, -0.2) is 14.4 Å². The van der Waals surface area contributed by atoms with E-state index < -0.39 is 23.7 Å². The second-order valence-corrected chi connectivity index (χ2v) is 7.33. The molecule has 0 spiro atoms. The predicted molar refractivity (Wildman–Crippen MR) is 106 cm³/mol. The number of halogens is 4. The summed E-state index contributed by atoms with van der Waals surface area (Å²) in [6.07, 6.45) is -4.00. The average molecular weight is 449 g/mol. The van der Waals surface area contributed by atoms with Crippen LogP contribution in [0.1, 0.15) is 11.1 Å². The first-order chi connectivity index (χ1) is 15.3. The van der Waals surface area contributed by atoms with Gasteiger partial charge < -0.3 is 14.4 Å². The fourth-order valence-electron chi connectivity index (χ4n) is 3.50. The molecule has 168 valence electrons. The summed E-state index contributed by atoms with van der Waals surface area (Å²) in [4.78, 5) is 22.5. The molecular weight excluding hydrogens is 430 g/mol. The van der Waals surface area contributed by atoms with E-state index in [4.69, 9.17) is 9.47 Å². The first-order valence-electron chi connectivity index (χ1n) is 9.89. The lowest BCUT2D eigenvalue weighted by Gasteiger charge is -2.33. The molecule has 0 N–H and O–H groups in total. The molecule has 1 aromatic heterocycles. The van der Waals surface area contributed by atoms with Crippen LogP contribution in [0.25, 0.3) is 10.9 Å². The number of amides is 1. The van der Waals surface area contributed by atoms with Crippen molar-refractivity contribution in [3.63, 3.8) is 0 Å². The average Bonchev–Trinajstić information content (AvgIpc) is 2.77. The summed E-state index contributed by atoms with van der Waals surface area (Å²) >= 11 is 0. The number of ether oxygens (including phenoxy) is 2. The van der Waals surface area contributed by atoms with E-state index in [1.807, 2.05) is 24.3 Å². The van der Waals surface area contributed by atoms with Gasteiger partial charge in [-0.3, -0.25) is 4.79 Å². The Kier molecular flexibility index (Phi) is 6.22. The summed E-state index contributed by atoms with van der Waals surface area (Å²) in [5.74, 6) is -1.32. The van der Waals surface area contributed by atoms with Crippen molar-refractivity contribution in [1.82, 2.24) is 14.9 Å². The molecule has 4 rings (SSSR count). The molecule has 1 unspecified atom stereocenters. The number of para-hydroxylation sites is 1. The van der Waals surface area contributed by atoms with Gasteiger partial charge in [0.1, 0.15) is 24.9 Å². The van der Waals surface area contributed by atoms with Crippen LogP contribution in [0.5, 0.6) is 5.88 Å². The van der Waals surface area contributed by atoms with Gasteiger partial charge in [0.15, 0.2) is 0 Å². The number of morpholine rings is 1. The van der Waals surface area contributed by atoms with Crippen molar-refractivity contribution in [3.05, 3.63) is 65.7 Å². The van der Waals surface area contributed by atoms with Gasteiger partial charge in [0, 0.05) is 6.54 Å². The largest absolute Gasteiger partial charge is 0.474 e. The third-order valence-electron chi connectivity index (χ3n) is 5.10. The summed E-state index contributed by atoms with van der Waals surface area (Å²) in [5, 5.41) is 0.753. The maximum Gasteiger partial charge on any atom is 0.419 e. The Morgan fingerprint density at radius 2 is 2.00 bits per heavy atom. The number of carbonyl (C=O) groups is 1. The number of hydrogen-bond acceptors (Lipinski definition) is 5. The van der Waals surface area contributed by atoms with Crippen molar-refractivity contribution in [1.29, 1.82) is 0 Å². The lowest BCUT2D eigenvalue weighted by molar-refractivity contribution is -0.140. The number of carbonyl (C=O) groups excluding carboxylic acids is 1. The first kappa shape index (κ1) is 21.9. The molecule has 1 aliphatic heterocycles. The minimum absolute atomic E-state index is 0.152. The van der Waals surface area contributed by atoms with Crippen LogP contribution in [-0.4, -0.2) is 53.2 Å². The Hall–Kier alpha value is -3.27. The Labute approximate surface area is 180 Å². The molecule has 32 heavy (non-hydrogen) atoms. The van der Waals surface area contributed by atoms with E-state index >= 15 is 0 Å². The van der Waals surface area contributed by atoms with Crippen LogP contribution in [0.2, 0.25) is 0 Å². The summed E-state index contributed by atoms with van der Waals surface area (Å²) in [7, 11) is 0. The molecule has 1 fully saturated rings. The van der Waals surface area contributed by atoms with Crippen LogP contribution in [0.15, 0.2) is 48.8 Å². The van der Waals surface area contributed by atoms with E-state index in [2.05, 4.69) is 9.97 Å². The van der Waals surface area contributed by atoms with Crippen molar-refractivity contribution < 1.29 is 31.8 Å². The zero-order chi connectivity index (χ0) is 22.7. The maximum atomic E-state index is 13.8. The van der Waals surface area contributed by atoms with Crippen LogP contribution in [0.3, 0.4) is 0 Å². The van der Waals surface area contributed by atoms with E-state index in [9.17, 15) is 22.4 Å². The minimum atomic E-state index is -4.78. The SMILES string of the molecule is O=C(Cc1ccc(C(F)(F)F)c(F)c1)N1CCOC(COc2ncnc3ccccc23)C1. The highest BCUT2D eigenvalue weighted by molar-refractivity contribution is 5.83. The molecule has 1 saturated heterocycles. The Morgan fingerprint density at radius 1 is 1.19 bits per heavy atom. The van der Waals surface area contributed by atoms with E-state index in [1.165, 1.54) is 11.2 Å². The highest BCUT2D eigenvalue weighted by Gasteiger charge is 2.34. The van der Waals surface area contributed by atoms with Crippen LogP contribution >= 0.6 is 0 Å². The second-order valence-electron chi connectivity index (χ2n) is 7.33. The van der Waals surface area contributed by atoms with Crippen molar-refractivity contribution in [2.24, 2.45) is 0 Å². The highest BCUT2D eigenvalue weighted by atomic mass is 19.4. The maximum absolute atomic E-state index is 13.8. The third-order valence-corrected chi connectivity index (χ3v) is 5.10. The standard InChI is InChI=1S/C22H19F4N3O3/c23-18-9-14(5-6-17(18)22(24,25)26)10-20(30)29-7-8-31-15(11-29)12-32-21-16-3-1-2-4-19(16)27-13-28-21/h1-6,9,13,15H,7-8,10-12H2. The summed E-state index contributed by atoms with van der Waals surface area (Å²) in [6, 6.07) is 9.90. The van der Waals surface area contributed by atoms with Crippen LogP contribution in [0, 0.1) is 5.82 Å². The van der Waals surface area contributed by atoms with Crippen molar-refractivity contribution in [2.45, 2.75) is 18.7 Å². The quantitative estimate of drug-likeness (QED) is 0.557. The lowest BCUT2D eigenvalue weighted by atomic mass is 10.1. The number of alkyl halides is 3. The predicted octanol–water partition coefficient (Wildman–Crippen LogP) is 3.64. The first-order valence-corrected chi connectivity index (χ1v) is 9.89. The van der Waals surface area contributed by atoms with Gasteiger partial charge in [-0.2, -0.15) is 13.2 Å². The number of nitrogens with zero attached hydrogens (tertiary/aromatic N) is 3. The van der Waals surface area contributed by atoms with Crippen LogP contribution < -0.4 is 4.74 Å². The fourth-order valence-corrected chi connectivity index (χ4v) is 3.50. The summed E-state index contributed by atoms with van der Waals surface area (Å²) in [6.45, 7) is 1.01. The topological polar surface area (TPSA) is 64.6 Å². The van der Waals surface area contributed by atoms with Crippen LogP contribution in [0.4, 0.5) is 17.6 Å². The van der Waals surface area contributed by atoms with Gasteiger partial charge in [0.25, 0.3) is 0 Å². The smallest absolute Gasteiger partial charge is 0.419 e.